The monoisotopic (exact) mass is 269 g/mol. The number of benzene rings is 1. The van der Waals surface area contributed by atoms with Gasteiger partial charge in [-0.15, -0.1) is 0 Å². The highest BCUT2D eigenvalue weighted by molar-refractivity contribution is 6.32. The molecule has 2 rings (SSSR count). The molecule has 6 nitrogen and oxygen atoms in total. The SMILES string of the molecule is O=C(CNc1ccc(Cl)c([N+](=O)[O-])c1)NC1CC1. The summed E-state index contributed by atoms with van der Waals surface area (Å²) < 4.78 is 0. The van der Waals surface area contributed by atoms with Crippen LogP contribution < -0.4 is 10.6 Å². The fourth-order valence-corrected chi connectivity index (χ4v) is 1.64. The Morgan fingerprint density at radius 1 is 1.50 bits per heavy atom. The third-order valence-electron chi connectivity index (χ3n) is 2.54. The summed E-state index contributed by atoms with van der Waals surface area (Å²) >= 11 is 5.68. The van der Waals surface area contributed by atoms with Gasteiger partial charge in [-0.25, -0.2) is 0 Å². The Morgan fingerprint density at radius 3 is 2.83 bits per heavy atom. The molecule has 0 aliphatic heterocycles. The van der Waals surface area contributed by atoms with Crippen LogP contribution in [0.5, 0.6) is 0 Å². The smallest absolute Gasteiger partial charge is 0.289 e. The Balaban J connectivity index is 1.94. The van der Waals surface area contributed by atoms with Crippen molar-refractivity contribution in [1.29, 1.82) is 0 Å². The number of nitrogens with zero attached hydrogens (tertiary/aromatic N) is 1. The van der Waals surface area contributed by atoms with Gasteiger partial charge >= 0.3 is 0 Å². The van der Waals surface area contributed by atoms with Crippen molar-refractivity contribution in [2.24, 2.45) is 0 Å². The van der Waals surface area contributed by atoms with Gasteiger partial charge in [0.05, 0.1) is 11.5 Å². The molecule has 1 fully saturated rings. The molecule has 0 saturated heterocycles. The van der Waals surface area contributed by atoms with E-state index in [1.165, 1.54) is 12.1 Å². The standard InChI is InChI=1S/C11H12ClN3O3/c12-9-4-3-8(5-10(9)15(17)18)13-6-11(16)14-7-1-2-7/h3-5,7,13H,1-2,6H2,(H,14,16). The summed E-state index contributed by atoms with van der Waals surface area (Å²) in [5.74, 6) is -0.116. The lowest BCUT2D eigenvalue weighted by molar-refractivity contribution is -0.384. The van der Waals surface area contributed by atoms with Gasteiger partial charge in [0, 0.05) is 17.8 Å². The number of halogens is 1. The molecule has 1 aliphatic rings. The molecule has 0 heterocycles. The van der Waals surface area contributed by atoms with Gasteiger partial charge in [-0.3, -0.25) is 14.9 Å². The Kier molecular flexibility index (Phi) is 3.66. The summed E-state index contributed by atoms with van der Waals surface area (Å²) in [7, 11) is 0. The van der Waals surface area contributed by atoms with Crippen molar-refractivity contribution < 1.29 is 9.72 Å². The fourth-order valence-electron chi connectivity index (χ4n) is 1.45. The third-order valence-corrected chi connectivity index (χ3v) is 2.86. The van der Waals surface area contributed by atoms with E-state index in [2.05, 4.69) is 10.6 Å². The molecule has 0 bridgehead atoms. The van der Waals surface area contributed by atoms with E-state index >= 15 is 0 Å². The Labute approximate surface area is 108 Å². The second-order valence-corrected chi connectivity index (χ2v) is 4.53. The molecule has 1 aromatic rings. The zero-order valence-corrected chi connectivity index (χ0v) is 10.2. The van der Waals surface area contributed by atoms with Crippen LogP contribution in [0.4, 0.5) is 11.4 Å². The van der Waals surface area contributed by atoms with E-state index in [0.29, 0.717) is 11.7 Å². The minimum Gasteiger partial charge on any atom is -0.376 e. The summed E-state index contributed by atoms with van der Waals surface area (Å²) in [5.41, 5.74) is 0.321. The number of rotatable bonds is 5. The molecule has 1 saturated carbocycles. The van der Waals surface area contributed by atoms with Crippen LogP contribution in [-0.4, -0.2) is 23.4 Å². The van der Waals surface area contributed by atoms with Gasteiger partial charge in [0.2, 0.25) is 5.91 Å². The number of anilines is 1. The van der Waals surface area contributed by atoms with E-state index in [4.69, 9.17) is 11.6 Å². The molecule has 0 radical (unpaired) electrons. The molecule has 2 N–H and O–H groups in total. The topological polar surface area (TPSA) is 84.3 Å². The molecule has 1 aromatic carbocycles. The fraction of sp³-hybridized carbons (Fsp3) is 0.364. The highest BCUT2D eigenvalue weighted by atomic mass is 35.5. The van der Waals surface area contributed by atoms with Gasteiger partial charge in [-0.05, 0) is 25.0 Å². The minimum atomic E-state index is -0.558. The van der Waals surface area contributed by atoms with Crippen LogP contribution in [0, 0.1) is 10.1 Å². The summed E-state index contributed by atoms with van der Waals surface area (Å²) in [6, 6.07) is 4.65. The summed E-state index contributed by atoms with van der Waals surface area (Å²) in [4.78, 5) is 21.5. The van der Waals surface area contributed by atoms with Crippen molar-refractivity contribution in [3.05, 3.63) is 33.3 Å². The van der Waals surface area contributed by atoms with Crippen LogP contribution in [-0.2, 0) is 4.79 Å². The van der Waals surface area contributed by atoms with Gasteiger partial charge < -0.3 is 10.6 Å². The van der Waals surface area contributed by atoms with Crippen LogP contribution >= 0.6 is 11.6 Å². The summed E-state index contributed by atoms with van der Waals surface area (Å²) in [5, 5.41) is 16.4. The zero-order chi connectivity index (χ0) is 13.1. The van der Waals surface area contributed by atoms with E-state index in [0.717, 1.165) is 12.8 Å². The Morgan fingerprint density at radius 2 is 2.22 bits per heavy atom. The first-order chi connectivity index (χ1) is 8.56. The number of carbonyl (C=O) groups excluding carboxylic acids is 1. The van der Waals surface area contributed by atoms with Crippen LogP contribution in [0.2, 0.25) is 5.02 Å². The lowest BCUT2D eigenvalue weighted by Crippen LogP contribution is -2.31. The molecular formula is C11H12ClN3O3. The number of carbonyl (C=O) groups is 1. The van der Waals surface area contributed by atoms with Crippen molar-refractivity contribution in [2.45, 2.75) is 18.9 Å². The van der Waals surface area contributed by atoms with Crippen LogP contribution in [0.3, 0.4) is 0 Å². The van der Waals surface area contributed by atoms with Crippen LogP contribution in [0.25, 0.3) is 0 Å². The summed E-state index contributed by atoms with van der Waals surface area (Å²) in [6.45, 7) is 0.0925. The number of hydrogen-bond acceptors (Lipinski definition) is 4. The van der Waals surface area contributed by atoms with Crippen molar-refractivity contribution in [3.63, 3.8) is 0 Å². The van der Waals surface area contributed by atoms with E-state index < -0.39 is 4.92 Å². The number of nitro groups is 1. The normalized spacial score (nSPS) is 14.1. The third kappa shape index (κ3) is 3.33. The van der Waals surface area contributed by atoms with Crippen molar-refractivity contribution in [3.8, 4) is 0 Å². The lowest BCUT2D eigenvalue weighted by atomic mass is 10.3. The lowest BCUT2D eigenvalue weighted by Gasteiger charge is -2.07. The molecule has 0 aromatic heterocycles. The molecule has 0 atom stereocenters. The minimum absolute atomic E-state index is 0.0768. The number of hydrogen-bond donors (Lipinski definition) is 2. The Hall–Kier alpha value is -1.82. The van der Waals surface area contributed by atoms with Gasteiger partial charge in [0.1, 0.15) is 5.02 Å². The highest BCUT2D eigenvalue weighted by Gasteiger charge is 2.23. The molecule has 0 unspecified atom stereocenters. The molecule has 7 heteroatoms. The van der Waals surface area contributed by atoms with Crippen molar-refractivity contribution in [2.75, 3.05) is 11.9 Å². The van der Waals surface area contributed by atoms with E-state index in [1.807, 2.05) is 0 Å². The maximum Gasteiger partial charge on any atom is 0.289 e. The predicted octanol–water partition coefficient (Wildman–Crippen LogP) is 1.94. The molecular weight excluding hydrogens is 258 g/mol. The molecule has 0 spiro atoms. The van der Waals surface area contributed by atoms with Gasteiger partial charge in [-0.2, -0.15) is 0 Å². The first-order valence-corrected chi connectivity index (χ1v) is 5.91. The van der Waals surface area contributed by atoms with Gasteiger partial charge in [-0.1, -0.05) is 11.6 Å². The second kappa shape index (κ2) is 5.22. The largest absolute Gasteiger partial charge is 0.376 e. The van der Waals surface area contributed by atoms with Crippen molar-refractivity contribution >= 4 is 28.9 Å². The van der Waals surface area contributed by atoms with Gasteiger partial charge in [0.15, 0.2) is 0 Å². The highest BCUT2D eigenvalue weighted by Crippen LogP contribution is 2.27. The number of nitrogens with one attached hydrogen (secondary N) is 2. The van der Waals surface area contributed by atoms with Crippen LogP contribution in [0.15, 0.2) is 18.2 Å². The predicted molar refractivity (Wildman–Crippen MR) is 67.8 cm³/mol. The molecule has 18 heavy (non-hydrogen) atoms. The quantitative estimate of drug-likeness (QED) is 0.632. The average molecular weight is 270 g/mol. The van der Waals surface area contributed by atoms with Crippen LogP contribution in [0.1, 0.15) is 12.8 Å². The molecule has 96 valence electrons. The maximum absolute atomic E-state index is 11.4. The molecule has 1 aliphatic carbocycles. The second-order valence-electron chi connectivity index (χ2n) is 4.12. The molecule has 1 amide bonds. The first kappa shape index (κ1) is 12.6. The number of amides is 1. The van der Waals surface area contributed by atoms with Crippen molar-refractivity contribution in [1.82, 2.24) is 5.32 Å². The number of nitro benzene ring substituents is 1. The van der Waals surface area contributed by atoms with Gasteiger partial charge in [0.25, 0.3) is 5.69 Å². The zero-order valence-electron chi connectivity index (χ0n) is 9.48. The first-order valence-electron chi connectivity index (χ1n) is 5.53. The Bertz CT molecular complexity index is 488. The summed E-state index contributed by atoms with van der Waals surface area (Å²) in [6.07, 6.45) is 2.05. The van der Waals surface area contributed by atoms with E-state index in [1.54, 1.807) is 6.07 Å². The maximum atomic E-state index is 11.4. The van der Waals surface area contributed by atoms with E-state index in [-0.39, 0.29) is 23.2 Å². The van der Waals surface area contributed by atoms with E-state index in [9.17, 15) is 14.9 Å². The average Bonchev–Trinajstić information content (AvgIpc) is 3.11.